The normalized spacial score (nSPS) is 11.9. The van der Waals surface area contributed by atoms with E-state index in [1.807, 2.05) is 22.7 Å². The van der Waals surface area contributed by atoms with Gasteiger partial charge in [0, 0.05) is 68.5 Å². The SMILES string of the molecule is c1ccc(N(c2ccc3c(c2)sc2ccccc23)c2ccc3oc4cc5ccccc5cc4c3c2N(c2ccccc2)c2ccc3c(c2)sc2ccccc23)cc1. The summed E-state index contributed by atoms with van der Waals surface area (Å²) in [7, 11) is 0. The van der Waals surface area contributed by atoms with E-state index in [2.05, 4.69) is 204 Å². The molecule has 9 aromatic carbocycles. The van der Waals surface area contributed by atoms with E-state index in [0.29, 0.717) is 0 Å². The number of fused-ring (bicyclic) bond motifs is 10. The van der Waals surface area contributed by atoms with Crippen LogP contribution in [0.5, 0.6) is 0 Å². The minimum absolute atomic E-state index is 0.843. The molecule has 0 aliphatic rings. The van der Waals surface area contributed by atoms with E-state index in [1.165, 1.54) is 45.7 Å². The highest BCUT2D eigenvalue weighted by molar-refractivity contribution is 7.26. The molecule has 3 heterocycles. The third-order valence-electron chi connectivity index (χ3n) is 11.2. The van der Waals surface area contributed by atoms with E-state index in [-0.39, 0.29) is 0 Å². The molecule has 0 radical (unpaired) electrons. The molecule has 3 nitrogen and oxygen atoms in total. The summed E-state index contributed by atoms with van der Waals surface area (Å²) >= 11 is 3.69. The van der Waals surface area contributed by atoms with Crippen LogP contribution in [0.15, 0.2) is 199 Å². The molecule has 0 saturated carbocycles. The van der Waals surface area contributed by atoms with Gasteiger partial charge in [-0.05, 0) is 95.7 Å². The molecule has 0 spiro atoms. The summed E-state index contributed by atoms with van der Waals surface area (Å²) < 4.78 is 11.9. The Morgan fingerprint density at radius 1 is 0.333 bits per heavy atom. The van der Waals surface area contributed by atoms with Gasteiger partial charge in [-0.2, -0.15) is 0 Å². The molecular weight excluding hydrogens is 733 g/mol. The zero-order chi connectivity index (χ0) is 37.5. The van der Waals surface area contributed by atoms with Gasteiger partial charge in [-0.1, -0.05) is 109 Å². The number of rotatable bonds is 6. The largest absolute Gasteiger partial charge is 0.456 e. The van der Waals surface area contributed by atoms with Crippen molar-refractivity contribution in [2.75, 3.05) is 9.80 Å². The van der Waals surface area contributed by atoms with Gasteiger partial charge in [0.1, 0.15) is 11.2 Å². The zero-order valence-corrected chi connectivity index (χ0v) is 32.2. The first-order valence-electron chi connectivity index (χ1n) is 19.2. The van der Waals surface area contributed by atoms with Crippen molar-refractivity contribution in [2.45, 2.75) is 0 Å². The molecule has 0 atom stereocenters. The number of hydrogen-bond donors (Lipinski definition) is 0. The van der Waals surface area contributed by atoms with Crippen LogP contribution in [-0.2, 0) is 0 Å². The van der Waals surface area contributed by atoms with Crippen LogP contribution in [0.3, 0.4) is 0 Å². The van der Waals surface area contributed by atoms with Crippen molar-refractivity contribution < 1.29 is 4.42 Å². The molecule has 12 rings (SSSR count). The van der Waals surface area contributed by atoms with Gasteiger partial charge in [-0.15, -0.1) is 22.7 Å². The fourth-order valence-electron chi connectivity index (χ4n) is 8.63. The lowest BCUT2D eigenvalue weighted by Gasteiger charge is -2.33. The summed E-state index contributed by atoms with van der Waals surface area (Å²) in [4.78, 5) is 4.87. The van der Waals surface area contributed by atoms with Gasteiger partial charge < -0.3 is 14.2 Å². The fraction of sp³-hybridized carbons (Fsp3) is 0. The number of thiophene rings is 2. The number of nitrogens with zero attached hydrogens (tertiary/aromatic N) is 2. The molecule has 5 heteroatoms. The second kappa shape index (κ2) is 12.8. The van der Waals surface area contributed by atoms with E-state index in [0.717, 1.165) is 61.4 Å². The summed E-state index contributed by atoms with van der Waals surface area (Å²) in [5, 5.41) is 9.61. The van der Waals surface area contributed by atoms with E-state index in [4.69, 9.17) is 4.42 Å². The van der Waals surface area contributed by atoms with Crippen LogP contribution in [0.4, 0.5) is 34.1 Å². The summed E-state index contributed by atoms with van der Waals surface area (Å²) in [5.41, 5.74) is 8.12. The van der Waals surface area contributed by atoms with Crippen molar-refractivity contribution in [1.29, 1.82) is 0 Å². The first kappa shape index (κ1) is 32.3. The first-order chi connectivity index (χ1) is 28.2. The van der Waals surface area contributed by atoms with Crippen molar-refractivity contribution >= 4 is 130 Å². The molecule has 0 aliphatic carbocycles. The number of hydrogen-bond acceptors (Lipinski definition) is 5. The summed E-state index contributed by atoms with van der Waals surface area (Å²) in [6, 6.07) is 70.3. The number of para-hydroxylation sites is 2. The predicted molar refractivity (Wildman–Crippen MR) is 246 cm³/mol. The smallest absolute Gasteiger partial charge is 0.137 e. The standard InChI is InChI=1S/C52H32N2OS2/c1-3-15-35(16-4-1)53(37-23-25-41-39-19-9-11-21-47(39)56-49(41)31-37)44-27-28-45-51(43-29-33-13-7-8-14-34(33)30-46(43)55-45)52(44)54(36-17-5-2-6-18-36)38-24-26-42-40-20-10-12-22-48(40)57-50(42)32-38/h1-32H. The van der Waals surface area contributed by atoms with E-state index in [1.54, 1.807) is 0 Å². The summed E-state index contributed by atoms with van der Waals surface area (Å²) in [6.07, 6.45) is 0. The van der Waals surface area contributed by atoms with Gasteiger partial charge in [0.05, 0.1) is 16.8 Å². The maximum Gasteiger partial charge on any atom is 0.137 e. The Morgan fingerprint density at radius 3 is 1.47 bits per heavy atom. The van der Waals surface area contributed by atoms with Crippen LogP contribution in [-0.4, -0.2) is 0 Å². The molecule has 0 amide bonds. The third-order valence-corrected chi connectivity index (χ3v) is 13.5. The van der Waals surface area contributed by atoms with Crippen LogP contribution in [0.25, 0.3) is 73.1 Å². The quantitative estimate of drug-likeness (QED) is 0.168. The maximum absolute atomic E-state index is 6.83. The van der Waals surface area contributed by atoms with Crippen molar-refractivity contribution in [3.63, 3.8) is 0 Å². The van der Waals surface area contributed by atoms with Crippen molar-refractivity contribution in [2.24, 2.45) is 0 Å². The second-order valence-corrected chi connectivity index (χ2v) is 16.7. The minimum atomic E-state index is 0.843. The Morgan fingerprint density at radius 2 is 0.842 bits per heavy atom. The minimum Gasteiger partial charge on any atom is -0.456 e. The Balaban J connectivity index is 1.21. The Kier molecular flexibility index (Phi) is 7.27. The maximum atomic E-state index is 6.83. The van der Waals surface area contributed by atoms with Crippen LogP contribution in [0.1, 0.15) is 0 Å². The molecule has 0 bridgehead atoms. The van der Waals surface area contributed by atoms with Crippen molar-refractivity contribution in [1.82, 2.24) is 0 Å². The van der Waals surface area contributed by atoms with Crippen molar-refractivity contribution in [3.8, 4) is 0 Å². The monoisotopic (exact) mass is 764 g/mol. The predicted octanol–water partition coefficient (Wildman–Crippen LogP) is 16.4. The lowest BCUT2D eigenvalue weighted by Crippen LogP contribution is -2.17. The van der Waals surface area contributed by atoms with Crippen LogP contribution in [0, 0.1) is 0 Å². The summed E-state index contributed by atoms with van der Waals surface area (Å²) in [5.74, 6) is 0. The lowest BCUT2D eigenvalue weighted by atomic mass is 10.0. The number of benzene rings is 9. The highest BCUT2D eigenvalue weighted by Gasteiger charge is 2.28. The number of furan rings is 1. The second-order valence-electron chi connectivity index (χ2n) is 14.5. The fourth-order valence-corrected chi connectivity index (χ4v) is 10.9. The van der Waals surface area contributed by atoms with Gasteiger partial charge in [-0.25, -0.2) is 0 Å². The van der Waals surface area contributed by atoms with E-state index in [9.17, 15) is 0 Å². The molecule has 0 saturated heterocycles. The molecule has 12 aromatic rings. The highest BCUT2D eigenvalue weighted by Crippen LogP contribution is 2.53. The molecule has 0 unspecified atom stereocenters. The Bertz CT molecular complexity index is 3490. The topological polar surface area (TPSA) is 19.6 Å². The van der Waals surface area contributed by atoms with Gasteiger partial charge in [0.25, 0.3) is 0 Å². The summed E-state index contributed by atoms with van der Waals surface area (Å²) in [6.45, 7) is 0. The molecule has 0 N–H and O–H groups in total. The van der Waals surface area contributed by atoms with Crippen LogP contribution < -0.4 is 9.80 Å². The van der Waals surface area contributed by atoms with Crippen LogP contribution >= 0.6 is 22.7 Å². The zero-order valence-electron chi connectivity index (χ0n) is 30.6. The van der Waals surface area contributed by atoms with Gasteiger partial charge >= 0.3 is 0 Å². The highest BCUT2D eigenvalue weighted by atomic mass is 32.1. The molecule has 268 valence electrons. The van der Waals surface area contributed by atoms with E-state index >= 15 is 0 Å². The Labute approximate surface area is 336 Å². The van der Waals surface area contributed by atoms with E-state index < -0.39 is 0 Å². The Hall–Kier alpha value is -6.92. The number of anilines is 6. The molecule has 3 aromatic heterocycles. The third kappa shape index (κ3) is 5.17. The molecular formula is C52H32N2OS2. The average molecular weight is 765 g/mol. The van der Waals surface area contributed by atoms with Gasteiger partial charge in [-0.3, -0.25) is 0 Å². The van der Waals surface area contributed by atoms with Gasteiger partial charge in [0.15, 0.2) is 0 Å². The molecule has 57 heavy (non-hydrogen) atoms. The molecule has 0 aliphatic heterocycles. The van der Waals surface area contributed by atoms with Gasteiger partial charge in [0.2, 0.25) is 0 Å². The average Bonchev–Trinajstić information content (AvgIpc) is 3.95. The molecule has 0 fully saturated rings. The lowest BCUT2D eigenvalue weighted by molar-refractivity contribution is 0.669. The first-order valence-corrected chi connectivity index (χ1v) is 20.8. The van der Waals surface area contributed by atoms with Crippen LogP contribution in [0.2, 0.25) is 0 Å². The van der Waals surface area contributed by atoms with Crippen molar-refractivity contribution in [3.05, 3.63) is 194 Å².